The molecule has 1 aromatic rings. The highest BCUT2D eigenvalue weighted by molar-refractivity contribution is 5.79. The van der Waals surface area contributed by atoms with Crippen molar-refractivity contribution in [1.29, 1.82) is 5.26 Å². The third kappa shape index (κ3) is 5.44. The number of ether oxygens (including phenoxy) is 1. The molecule has 0 aliphatic heterocycles. The fraction of sp³-hybridized carbons (Fsp3) is 0.619. The van der Waals surface area contributed by atoms with Crippen LogP contribution in [0.3, 0.4) is 0 Å². The summed E-state index contributed by atoms with van der Waals surface area (Å²) in [5.41, 5.74) is 0.465. The van der Waals surface area contributed by atoms with Crippen LogP contribution in [0.15, 0.2) is 18.3 Å². The van der Waals surface area contributed by atoms with E-state index in [9.17, 15) is 9.59 Å². The highest BCUT2D eigenvalue weighted by atomic mass is 16.5. The normalized spacial score (nSPS) is 22.2. The van der Waals surface area contributed by atoms with Gasteiger partial charge in [-0.05, 0) is 50.7 Å². The second kappa shape index (κ2) is 10.1. The van der Waals surface area contributed by atoms with E-state index in [-0.39, 0.29) is 36.4 Å². The van der Waals surface area contributed by atoms with E-state index >= 15 is 0 Å². The number of pyridine rings is 1. The zero-order chi connectivity index (χ0) is 19.8. The van der Waals surface area contributed by atoms with Crippen molar-refractivity contribution in [2.24, 2.45) is 11.8 Å². The van der Waals surface area contributed by atoms with E-state index in [2.05, 4.69) is 21.7 Å². The first kappa shape index (κ1) is 20.1. The van der Waals surface area contributed by atoms with Crippen molar-refractivity contribution in [3.8, 4) is 6.07 Å². The van der Waals surface area contributed by atoms with Crippen molar-refractivity contribution >= 4 is 17.7 Å². The zero-order valence-corrected chi connectivity index (χ0v) is 16.2. The molecule has 0 spiro atoms. The number of anilines is 1. The first-order chi connectivity index (χ1) is 13.7. The summed E-state index contributed by atoms with van der Waals surface area (Å²) < 4.78 is 5.37. The number of nitrogens with one attached hydrogen (secondary N) is 2. The highest BCUT2D eigenvalue weighted by Gasteiger charge is 2.30. The molecule has 150 valence electrons. The van der Waals surface area contributed by atoms with Gasteiger partial charge in [-0.15, -0.1) is 0 Å². The number of hydrogen-bond donors (Lipinski definition) is 2. The molecule has 7 nitrogen and oxygen atoms in total. The van der Waals surface area contributed by atoms with E-state index in [1.807, 2.05) is 0 Å². The number of amides is 1. The summed E-state index contributed by atoms with van der Waals surface area (Å²) in [6.07, 6.45) is 9.10. The molecule has 3 rings (SSSR count). The Morgan fingerprint density at radius 2 is 1.89 bits per heavy atom. The molecule has 0 aromatic carbocycles. The maximum Gasteiger partial charge on any atom is 0.308 e. The first-order valence-corrected chi connectivity index (χ1v) is 10.2. The number of rotatable bonds is 7. The maximum atomic E-state index is 12.3. The summed E-state index contributed by atoms with van der Waals surface area (Å²) in [5, 5.41) is 15.2. The van der Waals surface area contributed by atoms with Crippen LogP contribution in [0.25, 0.3) is 0 Å². The largest absolute Gasteiger partial charge is 0.464 e. The van der Waals surface area contributed by atoms with E-state index in [1.54, 1.807) is 18.3 Å². The van der Waals surface area contributed by atoms with Crippen LogP contribution < -0.4 is 10.6 Å². The van der Waals surface area contributed by atoms with Crippen LogP contribution in [0, 0.1) is 23.2 Å². The van der Waals surface area contributed by atoms with Crippen molar-refractivity contribution in [1.82, 2.24) is 10.3 Å². The van der Waals surface area contributed by atoms with Gasteiger partial charge in [0.2, 0.25) is 5.91 Å². The van der Waals surface area contributed by atoms with Gasteiger partial charge in [-0.3, -0.25) is 9.59 Å². The Balaban J connectivity index is 1.32. The van der Waals surface area contributed by atoms with Crippen LogP contribution in [0.5, 0.6) is 0 Å². The maximum absolute atomic E-state index is 12.3. The molecule has 1 heterocycles. The monoisotopic (exact) mass is 384 g/mol. The lowest BCUT2D eigenvalue weighted by atomic mass is 9.86. The third-order valence-corrected chi connectivity index (χ3v) is 5.70. The van der Waals surface area contributed by atoms with Gasteiger partial charge in [0.15, 0.2) is 0 Å². The molecule has 1 aromatic heterocycles. The van der Waals surface area contributed by atoms with Crippen LogP contribution in [0.4, 0.5) is 5.82 Å². The van der Waals surface area contributed by atoms with Crippen molar-refractivity contribution in [2.75, 3.05) is 18.5 Å². The molecule has 2 saturated carbocycles. The van der Waals surface area contributed by atoms with E-state index in [0.29, 0.717) is 17.9 Å². The molecule has 1 amide bonds. The summed E-state index contributed by atoms with van der Waals surface area (Å²) in [4.78, 5) is 28.6. The second-order valence-electron chi connectivity index (χ2n) is 7.64. The minimum Gasteiger partial charge on any atom is -0.464 e. The topological polar surface area (TPSA) is 104 Å². The summed E-state index contributed by atoms with van der Waals surface area (Å²) in [6, 6.07) is 5.65. The second-order valence-corrected chi connectivity index (χ2v) is 7.64. The average Bonchev–Trinajstić information content (AvgIpc) is 3.27. The van der Waals surface area contributed by atoms with Gasteiger partial charge in [-0.25, -0.2) is 4.98 Å². The van der Waals surface area contributed by atoms with Gasteiger partial charge in [0, 0.05) is 18.2 Å². The van der Waals surface area contributed by atoms with Crippen LogP contribution in [0.1, 0.15) is 56.9 Å². The number of hydrogen-bond acceptors (Lipinski definition) is 6. The Hall–Kier alpha value is -2.62. The minimum absolute atomic E-state index is 0.0934. The Labute approximate surface area is 165 Å². The van der Waals surface area contributed by atoms with Crippen molar-refractivity contribution in [2.45, 2.75) is 57.4 Å². The molecule has 0 radical (unpaired) electrons. The molecule has 2 N–H and O–H groups in total. The van der Waals surface area contributed by atoms with Gasteiger partial charge in [0.25, 0.3) is 0 Å². The molecule has 2 fully saturated rings. The van der Waals surface area contributed by atoms with Gasteiger partial charge in [0.1, 0.15) is 18.5 Å². The molecule has 0 atom stereocenters. The Morgan fingerprint density at radius 1 is 1.14 bits per heavy atom. The van der Waals surface area contributed by atoms with Gasteiger partial charge in [0.05, 0.1) is 18.0 Å². The van der Waals surface area contributed by atoms with Gasteiger partial charge in [-0.2, -0.15) is 5.26 Å². The molecule has 28 heavy (non-hydrogen) atoms. The fourth-order valence-corrected chi connectivity index (χ4v) is 4.06. The number of esters is 1. The fourth-order valence-electron chi connectivity index (χ4n) is 4.06. The SMILES string of the molecule is N#Cc1cccnc1NCCOC(=O)C1CCC(NC(=O)C2CCCC2)CC1. The zero-order valence-electron chi connectivity index (χ0n) is 16.2. The predicted molar refractivity (Wildman–Crippen MR) is 104 cm³/mol. The number of aromatic nitrogens is 1. The lowest BCUT2D eigenvalue weighted by molar-refractivity contribution is -0.149. The predicted octanol–water partition coefficient (Wildman–Crippen LogP) is 2.77. The van der Waals surface area contributed by atoms with Crippen LogP contribution in [-0.2, 0) is 14.3 Å². The molecule has 0 bridgehead atoms. The molecular weight excluding hydrogens is 356 g/mol. The molecule has 0 unspecified atom stereocenters. The average molecular weight is 384 g/mol. The van der Waals surface area contributed by atoms with E-state index in [4.69, 9.17) is 10.00 Å². The lowest BCUT2D eigenvalue weighted by Crippen LogP contribution is -2.41. The number of carbonyl (C=O) groups is 2. The molecular formula is C21H28N4O3. The molecule has 2 aliphatic carbocycles. The molecule has 2 aliphatic rings. The van der Waals surface area contributed by atoms with Gasteiger partial charge in [-0.1, -0.05) is 12.8 Å². The lowest BCUT2D eigenvalue weighted by Gasteiger charge is -2.28. The summed E-state index contributed by atoms with van der Waals surface area (Å²) >= 11 is 0. The van der Waals surface area contributed by atoms with Gasteiger partial charge < -0.3 is 15.4 Å². The van der Waals surface area contributed by atoms with Gasteiger partial charge >= 0.3 is 5.97 Å². The smallest absolute Gasteiger partial charge is 0.308 e. The van der Waals surface area contributed by atoms with Crippen LogP contribution in [0.2, 0.25) is 0 Å². The van der Waals surface area contributed by atoms with E-state index in [0.717, 1.165) is 51.4 Å². The number of carbonyl (C=O) groups excluding carboxylic acids is 2. The van der Waals surface area contributed by atoms with Crippen molar-refractivity contribution in [3.63, 3.8) is 0 Å². The first-order valence-electron chi connectivity index (χ1n) is 10.2. The summed E-state index contributed by atoms with van der Waals surface area (Å²) in [7, 11) is 0. The Kier molecular flexibility index (Phi) is 7.24. The Morgan fingerprint density at radius 3 is 2.61 bits per heavy atom. The summed E-state index contributed by atoms with van der Waals surface area (Å²) in [6.45, 7) is 0.642. The third-order valence-electron chi connectivity index (χ3n) is 5.70. The molecule has 0 saturated heterocycles. The Bertz CT molecular complexity index is 717. The van der Waals surface area contributed by atoms with E-state index < -0.39 is 0 Å². The number of nitriles is 1. The highest BCUT2D eigenvalue weighted by Crippen LogP contribution is 2.28. The van der Waals surface area contributed by atoms with Crippen LogP contribution >= 0.6 is 0 Å². The van der Waals surface area contributed by atoms with E-state index in [1.165, 1.54) is 0 Å². The molecule has 7 heteroatoms. The standard InChI is InChI=1S/C21H28N4O3/c22-14-17-6-3-11-23-19(17)24-12-13-28-21(27)16-7-9-18(10-8-16)25-20(26)15-4-1-2-5-15/h3,6,11,15-16,18H,1-2,4-5,7-10,12-13H2,(H,23,24)(H,25,26). The number of nitrogens with zero attached hydrogens (tertiary/aromatic N) is 2. The summed E-state index contributed by atoms with van der Waals surface area (Å²) in [5.74, 6) is 0.615. The van der Waals surface area contributed by atoms with Crippen molar-refractivity contribution in [3.05, 3.63) is 23.9 Å². The van der Waals surface area contributed by atoms with Crippen LogP contribution in [-0.4, -0.2) is 36.1 Å². The van der Waals surface area contributed by atoms with Crippen molar-refractivity contribution < 1.29 is 14.3 Å². The quantitative estimate of drug-likeness (QED) is 0.553. The minimum atomic E-state index is -0.177.